The fraction of sp³-hybridized carbons (Fsp3) is 0.286. The minimum absolute atomic E-state index is 0.0675. The fourth-order valence-corrected chi connectivity index (χ4v) is 5.42. The van der Waals surface area contributed by atoms with E-state index in [9.17, 15) is 40.5 Å². The van der Waals surface area contributed by atoms with Crippen LogP contribution < -0.4 is 14.4 Å². The van der Waals surface area contributed by atoms with Gasteiger partial charge in [0.25, 0.3) is 0 Å². The number of alkyl halides is 6. The van der Waals surface area contributed by atoms with Crippen LogP contribution in [0.2, 0.25) is 0 Å². The Hall–Kier alpha value is -4.51. The van der Waals surface area contributed by atoms with Crippen LogP contribution in [0.5, 0.6) is 11.5 Å². The molecule has 4 aromatic rings. The largest absolute Gasteiger partial charge is 0.609 e. The number of ether oxygens (including phenoxy) is 3. The summed E-state index contributed by atoms with van der Waals surface area (Å²) < 4.78 is 105. The van der Waals surface area contributed by atoms with Gasteiger partial charge in [-0.2, -0.15) is 18.2 Å². The molecule has 4 rings (SSSR count). The maximum Gasteiger partial charge on any atom is 0.573 e. The third-order valence-corrected chi connectivity index (χ3v) is 7.41. The van der Waals surface area contributed by atoms with Crippen LogP contribution in [-0.2, 0) is 21.7 Å². The van der Waals surface area contributed by atoms with Gasteiger partial charge in [-0.3, -0.25) is 9.88 Å². The van der Waals surface area contributed by atoms with Gasteiger partial charge in [-0.05, 0) is 44.2 Å². The minimum atomic E-state index is -5.07. The summed E-state index contributed by atoms with van der Waals surface area (Å²) in [5.74, 6) is -2.18. The van der Waals surface area contributed by atoms with Gasteiger partial charge in [0.2, 0.25) is 0 Å². The number of carbonyl (C=O) groups excluding carboxylic acids is 2. The summed E-state index contributed by atoms with van der Waals surface area (Å²) in [6.07, 6.45) is -8.49. The monoisotopic (exact) mass is 658 g/mol. The van der Waals surface area contributed by atoms with Crippen molar-refractivity contribution in [2.45, 2.75) is 37.3 Å². The van der Waals surface area contributed by atoms with Crippen molar-refractivity contribution >= 4 is 39.9 Å². The van der Waals surface area contributed by atoms with Gasteiger partial charge in [0.15, 0.2) is 12.4 Å². The lowest BCUT2D eigenvalue weighted by Crippen LogP contribution is -2.34. The number of hydrogen-bond donors (Lipinski definition) is 0. The molecule has 17 heteroatoms. The van der Waals surface area contributed by atoms with Crippen molar-refractivity contribution in [1.29, 1.82) is 0 Å². The predicted molar refractivity (Wildman–Crippen MR) is 149 cm³/mol. The maximum absolute atomic E-state index is 14.0. The molecule has 0 aliphatic rings. The zero-order chi connectivity index (χ0) is 33.1. The first-order valence-corrected chi connectivity index (χ1v) is 14.3. The number of pyridine rings is 1. The van der Waals surface area contributed by atoms with Gasteiger partial charge in [0.1, 0.15) is 11.5 Å². The number of anilines is 1. The van der Waals surface area contributed by atoms with Gasteiger partial charge in [0.05, 0.1) is 34.6 Å². The average molecular weight is 659 g/mol. The van der Waals surface area contributed by atoms with E-state index >= 15 is 0 Å². The molecule has 0 fully saturated rings. The van der Waals surface area contributed by atoms with Crippen LogP contribution in [0, 0.1) is 6.92 Å². The van der Waals surface area contributed by atoms with Gasteiger partial charge in [-0.1, -0.05) is 12.1 Å². The van der Waals surface area contributed by atoms with E-state index in [1.807, 2.05) is 0 Å². The van der Waals surface area contributed by atoms with Crippen LogP contribution >= 0.6 is 0 Å². The molecule has 1 unspecified atom stereocenters. The predicted octanol–water partition coefficient (Wildman–Crippen LogP) is 6.17. The van der Waals surface area contributed by atoms with E-state index < -0.39 is 53.8 Å². The number of esters is 1. The standard InChI is InChI=1S/C28H24F6N4O6S/c1-4-42-24(39)18-10-9-17(44-28(32,33)34)13-22(18)37(3)26(40)38-21-8-6-5-7-19(21)36-25(38)45(41)14-20-16(2)23(11-12-35-20)43-15-27(29,30)31/h5-13H,4,14-15H2,1-3H3. The molecule has 0 N–H and O–H groups in total. The third-order valence-electron chi connectivity index (χ3n) is 6.19. The van der Waals surface area contributed by atoms with Gasteiger partial charge in [-0.15, -0.1) is 13.2 Å². The summed E-state index contributed by atoms with van der Waals surface area (Å²) in [5, 5.41) is -0.295. The van der Waals surface area contributed by atoms with E-state index in [0.717, 1.165) is 27.7 Å². The lowest BCUT2D eigenvalue weighted by atomic mass is 10.1. The van der Waals surface area contributed by atoms with E-state index in [1.54, 1.807) is 12.1 Å². The molecule has 2 aromatic carbocycles. The summed E-state index contributed by atoms with van der Waals surface area (Å²) in [6.45, 7) is 1.32. The first-order valence-electron chi connectivity index (χ1n) is 12.9. The summed E-state index contributed by atoms with van der Waals surface area (Å²) in [7, 11) is 1.17. The number of fused-ring (bicyclic) bond motifs is 1. The lowest BCUT2D eigenvalue weighted by Gasteiger charge is -2.22. The Kier molecular flexibility index (Phi) is 9.82. The average Bonchev–Trinajstić information content (AvgIpc) is 3.35. The van der Waals surface area contributed by atoms with Crippen molar-refractivity contribution in [3.8, 4) is 11.5 Å². The van der Waals surface area contributed by atoms with E-state index in [2.05, 4.69) is 14.7 Å². The van der Waals surface area contributed by atoms with Crippen LogP contribution in [0.4, 0.5) is 36.8 Å². The highest BCUT2D eigenvalue weighted by Crippen LogP contribution is 2.32. The van der Waals surface area contributed by atoms with Gasteiger partial charge in [-0.25, -0.2) is 14.2 Å². The third kappa shape index (κ3) is 7.96. The Bertz CT molecular complexity index is 1710. The molecule has 0 spiro atoms. The molecule has 0 saturated heterocycles. The SMILES string of the molecule is CCOC(=O)c1ccc(OC(F)(F)F)cc1N(C)C(=O)n1c([S+]([O-])Cc2nccc(OCC(F)(F)F)c2C)nc2ccccc21. The quantitative estimate of drug-likeness (QED) is 0.119. The molecule has 1 amide bonds. The Labute approximate surface area is 254 Å². The van der Waals surface area contributed by atoms with E-state index in [1.165, 1.54) is 45.3 Å². The maximum atomic E-state index is 14.0. The summed E-state index contributed by atoms with van der Waals surface area (Å²) in [6, 6.07) is 9.15. The normalized spacial score (nSPS) is 12.6. The summed E-state index contributed by atoms with van der Waals surface area (Å²) >= 11 is -2.15. The summed E-state index contributed by atoms with van der Waals surface area (Å²) in [5.41, 5.74) is 0.113. The molecule has 2 heterocycles. The Morgan fingerprint density at radius 2 is 1.78 bits per heavy atom. The number of rotatable bonds is 9. The molecule has 0 bridgehead atoms. The highest BCUT2D eigenvalue weighted by molar-refractivity contribution is 7.90. The Morgan fingerprint density at radius 3 is 2.44 bits per heavy atom. The number of para-hydroxylation sites is 2. The molecule has 0 radical (unpaired) electrons. The molecule has 0 aliphatic heterocycles. The highest BCUT2D eigenvalue weighted by atomic mass is 32.2. The number of carbonyl (C=O) groups is 2. The molecule has 1 atom stereocenters. The number of imidazole rings is 1. The first kappa shape index (κ1) is 33.4. The first-order chi connectivity index (χ1) is 21.1. The minimum Gasteiger partial charge on any atom is -0.609 e. The topological polar surface area (TPSA) is 119 Å². The number of halogens is 6. The smallest absolute Gasteiger partial charge is 0.573 e. The van der Waals surface area contributed by atoms with Gasteiger partial charge in [0, 0.05) is 36.1 Å². The van der Waals surface area contributed by atoms with Crippen molar-refractivity contribution < 1.29 is 54.7 Å². The fourth-order valence-electron chi connectivity index (χ4n) is 4.17. The Morgan fingerprint density at radius 1 is 1.07 bits per heavy atom. The number of hydrogen-bond acceptors (Lipinski definition) is 8. The van der Waals surface area contributed by atoms with Gasteiger partial charge < -0.3 is 18.8 Å². The van der Waals surface area contributed by atoms with Crippen LogP contribution in [0.15, 0.2) is 59.9 Å². The molecule has 2 aromatic heterocycles. The van der Waals surface area contributed by atoms with Crippen molar-refractivity contribution in [2.75, 3.05) is 25.2 Å². The van der Waals surface area contributed by atoms with E-state index in [4.69, 9.17) is 9.47 Å². The molecule has 0 aliphatic carbocycles. The molecule has 0 saturated carbocycles. The molecule has 240 valence electrons. The second-order valence-corrected chi connectivity index (χ2v) is 10.6. The Balaban J connectivity index is 1.75. The van der Waals surface area contributed by atoms with Crippen LogP contribution in [-0.4, -0.2) is 63.9 Å². The van der Waals surface area contributed by atoms with Crippen molar-refractivity contribution in [3.63, 3.8) is 0 Å². The molecular formula is C28H24F6N4O6S. The number of amides is 1. The molecule has 10 nitrogen and oxygen atoms in total. The number of nitrogens with zero attached hydrogens (tertiary/aromatic N) is 4. The number of benzene rings is 2. The molecular weight excluding hydrogens is 634 g/mol. The van der Waals surface area contributed by atoms with E-state index in [-0.39, 0.29) is 51.1 Å². The zero-order valence-corrected chi connectivity index (χ0v) is 24.5. The molecule has 45 heavy (non-hydrogen) atoms. The van der Waals surface area contributed by atoms with Gasteiger partial charge >= 0.3 is 29.7 Å². The van der Waals surface area contributed by atoms with Crippen molar-refractivity contribution in [3.05, 3.63) is 71.5 Å². The second-order valence-electron chi connectivity index (χ2n) is 9.28. The van der Waals surface area contributed by atoms with Crippen molar-refractivity contribution in [1.82, 2.24) is 14.5 Å². The van der Waals surface area contributed by atoms with Crippen LogP contribution in [0.3, 0.4) is 0 Å². The van der Waals surface area contributed by atoms with Crippen LogP contribution in [0.1, 0.15) is 28.5 Å². The number of aromatic nitrogens is 3. The zero-order valence-electron chi connectivity index (χ0n) is 23.7. The lowest BCUT2D eigenvalue weighted by molar-refractivity contribution is -0.274. The van der Waals surface area contributed by atoms with Crippen molar-refractivity contribution in [2.24, 2.45) is 0 Å². The second kappa shape index (κ2) is 13.2. The van der Waals surface area contributed by atoms with Crippen LogP contribution in [0.25, 0.3) is 11.0 Å². The highest BCUT2D eigenvalue weighted by Gasteiger charge is 2.34. The summed E-state index contributed by atoms with van der Waals surface area (Å²) in [4.78, 5) is 35.9. The van der Waals surface area contributed by atoms with E-state index in [0.29, 0.717) is 0 Å².